The average Bonchev–Trinajstić information content (AvgIpc) is 3.37. The van der Waals surface area contributed by atoms with Gasteiger partial charge < -0.3 is 0 Å². The molecule has 0 aliphatic rings. The number of hydrogen-bond donors (Lipinski definition) is 0. The molecule has 0 spiro atoms. The summed E-state index contributed by atoms with van der Waals surface area (Å²) in [6, 6.07) is 82.4. The quantitative estimate of drug-likeness (QED) is 0.146. The van der Waals surface area contributed by atoms with Crippen LogP contribution in [0.5, 0.6) is 0 Å². The van der Waals surface area contributed by atoms with Crippen molar-refractivity contribution in [2.75, 3.05) is 0 Å². The van der Waals surface area contributed by atoms with E-state index in [1.807, 2.05) is 0 Å². The van der Waals surface area contributed by atoms with E-state index < -0.39 is 0 Å². The van der Waals surface area contributed by atoms with Crippen molar-refractivity contribution in [3.63, 3.8) is 0 Å². The SMILES string of the molecule is CC(C)(C)c1ccc(-c2cc(-c3ccc(-c4ccccc4)c4ccccc34)c3ccc4c(-c5ccc(C(C)(C)C)cc5)cc(-c5ccc(-c6ccccc6)c6ccccc56)c5ccc2c3c45)cc1. The third-order valence-electron chi connectivity index (χ3n) is 14.6. The molecule has 0 saturated heterocycles. The lowest BCUT2D eigenvalue weighted by molar-refractivity contribution is 0.590. The molecule has 0 aliphatic heterocycles. The Morgan fingerprint density at radius 3 is 0.824 bits per heavy atom. The summed E-state index contributed by atoms with van der Waals surface area (Å²) < 4.78 is 0. The Bertz CT molecular complexity index is 3600. The summed E-state index contributed by atoms with van der Waals surface area (Å²) in [7, 11) is 0. The van der Waals surface area contributed by atoms with Crippen LogP contribution in [0.15, 0.2) is 218 Å². The Balaban J connectivity index is 1.21. The minimum atomic E-state index is 0.0487. The van der Waals surface area contributed by atoms with E-state index >= 15 is 0 Å². The molecule has 0 heterocycles. The summed E-state index contributed by atoms with van der Waals surface area (Å²) in [4.78, 5) is 0. The van der Waals surface area contributed by atoms with Gasteiger partial charge in [-0.2, -0.15) is 0 Å². The Hall–Kier alpha value is -7.80. The highest BCUT2D eigenvalue weighted by Crippen LogP contribution is 2.51. The van der Waals surface area contributed by atoms with Crippen LogP contribution in [0, 0.1) is 0 Å². The lowest BCUT2D eigenvalue weighted by Crippen LogP contribution is -2.10. The molecule has 0 unspecified atom stereocenters. The molecule has 0 fully saturated rings. The summed E-state index contributed by atoms with van der Waals surface area (Å²) in [6.07, 6.45) is 0. The summed E-state index contributed by atoms with van der Waals surface area (Å²) in [5.74, 6) is 0. The highest BCUT2D eigenvalue weighted by atomic mass is 14.3. The fourth-order valence-electron chi connectivity index (χ4n) is 11.0. The van der Waals surface area contributed by atoms with Crippen molar-refractivity contribution in [2.24, 2.45) is 0 Å². The summed E-state index contributed by atoms with van der Waals surface area (Å²) in [5, 5.41) is 12.7. The van der Waals surface area contributed by atoms with Crippen molar-refractivity contribution in [3.05, 3.63) is 230 Å². The molecule has 68 heavy (non-hydrogen) atoms. The molecule has 0 aromatic heterocycles. The Morgan fingerprint density at radius 2 is 0.485 bits per heavy atom. The van der Waals surface area contributed by atoms with Crippen molar-refractivity contribution in [2.45, 2.75) is 52.4 Å². The highest BCUT2D eigenvalue weighted by molar-refractivity contribution is 6.33. The van der Waals surface area contributed by atoms with Gasteiger partial charge in [-0.15, -0.1) is 0 Å². The first-order valence-electron chi connectivity index (χ1n) is 24.2. The van der Waals surface area contributed by atoms with Crippen molar-refractivity contribution in [1.29, 1.82) is 0 Å². The molecule has 0 heteroatoms. The highest BCUT2D eigenvalue weighted by Gasteiger charge is 2.24. The molecule has 0 saturated carbocycles. The van der Waals surface area contributed by atoms with E-state index in [9.17, 15) is 0 Å². The fraction of sp³-hybridized carbons (Fsp3) is 0.118. The second kappa shape index (κ2) is 15.9. The maximum Gasteiger partial charge on any atom is -0.00139 e. The van der Waals surface area contributed by atoms with Crippen LogP contribution in [-0.4, -0.2) is 0 Å². The second-order valence-corrected chi connectivity index (χ2v) is 20.8. The molecule has 0 radical (unpaired) electrons. The Kier molecular flexibility index (Phi) is 9.75. The molecule has 12 rings (SSSR count). The number of fused-ring (bicyclic) bond motifs is 2. The molecule has 0 N–H and O–H groups in total. The lowest BCUT2D eigenvalue weighted by Gasteiger charge is -2.24. The van der Waals surface area contributed by atoms with Crippen LogP contribution in [-0.2, 0) is 10.8 Å². The van der Waals surface area contributed by atoms with Gasteiger partial charge in [-0.25, -0.2) is 0 Å². The van der Waals surface area contributed by atoms with Gasteiger partial charge in [0.1, 0.15) is 0 Å². The molecule has 0 bridgehead atoms. The smallest absolute Gasteiger partial charge is 0.00139 e. The number of rotatable bonds is 6. The maximum atomic E-state index is 2.49. The molecule has 12 aromatic carbocycles. The summed E-state index contributed by atoms with van der Waals surface area (Å²) in [6.45, 7) is 13.8. The van der Waals surface area contributed by atoms with Crippen molar-refractivity contribution < 1.29 is 0 Å². The van der Waals surface area contributed by atoms with Crippen LogP contribution in [0.2, 0.25) is 0 Å². The third-order valence-corrected chi connectivity index (χ3v) is 14.6. The Morgan fingerprint density at radius 1 is 0.206 bits per heavy atom. The van der Waals surface area contributed by atoms with Gasteiger partial charge in [0.2, 0.25) is 0 Å². The zero-order chi connectivity index (χ0) is 46.3. The first-order chi connectivity index (χ1) is 33.0. The van der Waals surface area contributed by atoms with Crippen molar-refractivity contribution >= 4 is 53.9 Å². The predicted molar refractivity (Wildman–Crippen MR) is 295 cm³/mol. The summed E-state index contributed by atoms with van der Waals surface area (Å²) in [5.41, 5.74) is 17.6. The minimum absolute atomic E-state index is 0.0487. The number of benzene rings is 12. The van der Waals surface area contributed by atoms with Gasteiger partial charge in [0.15, 0.2) is 0 Å². The first-order valence-corrected chi connectivity index (χ1v) is 24.2. The van der Waals surface area contributed by atoms with E-state index in [4.69, 9.17) is 0 Å². The van der Waals surface area contributed by atoms with E-state index in [0.717, 1.165) is 0 Å². The molecule has 12 aromatic rings. The average molecular weight is 871 g/mol. The zero-order valence-electron chi connectivity index (χ0n) is 39.8. The van der Waals surface area contributed by atoms with Gasteiger partial charge in [0.25, 0.3) is 0 Å². The van der Waals surface area contributed by atoms with Gasteiger partial charge in [-0.05, 0) is 155 Å². The third kappa shape index (κ3) is 6.89. The fourth-order valence-corrected chi connectivity index (χ4v) is 11.0. The molecule has 0 aliphatic carbocycles. The van der Waals surface area contributed by atoms with Crippen LogP contribution < -0.4 is 0 Å². The largest absolute Gasteiger partial charge is 0.0622 e. The van der Waals surface area contributed by atoms with E-state index in [-0.39, 0.29) is 10.8 Å². The first kappa shape index (κ1) is 41.6. The van der Waals surface area contributed by atoms with Gasteiger partial charge >= 0.3 is 0 Å². The predicted octanol–water partition coefficient (Wildman–Crippen LogP) is 19.5. The Labute approximate surface area is 400 Å². The van der Waals surface area contributed by atoms with Gasteiger partial charge in [0, 0.05) is 0 Å². The van der Waals surface area contributed by atoms with E-state index in [2.05, 4.69) is 260 Å². The van der Waals surface area contributed by atoms with Crippen molar-refractivity contribution in [1.82, 2.24) is 0 Å². The van der Waals surface area contributed by atoms with Crippen molar-refractivity contribution in [3.8, 4) is 66.8 Å². The molecule has 0 amide bonds. The monoisotopic (exact) mass is 870 g/mol. The van der Waals surface area contributed by atoms with Crippen LogP contribution >= 0.6 is 0 Å². The summed E-state index contributed by atoms with van der Waals surface area (Å²) >= 11 is 0. The topological polar surface area (TPSA) is 0 Å². The van der Waals surface area contributed by atoms with Gasteiger partial charge in [-0.3, -0.25) is 0 Å². The normalized spacial score (nSPS) is 12.3. The molecule has 326 valence electrons. The van der Waals surface area contributed by atoms with E-state index in [0.29, 0.717) is 0 Å². The standard InChI is InChI=1S/C68H54/c1-67(2,3)47-29-25-45(26-30-47)61-41-63(55-35-33-49(43-17-9-7-10-18-43)51-21-13-15-23-53(51)55)59-40-38-58-62(46-27-31-48(32-28-46)68(4,5)6)42-64(60-39-37-57(61)65(59)66(58)60)56-36-34-50(44-19-11-8-12-20-44)52-22-14-16-24-54(52)56/h7-42H,1-6H3. The molecular weight excluding hydrogens is 817 g/mol. The second-order valence-electron chi connectivity index (χ2n) is 20.8. The molecule has 0 atom stereocenters. The van der Waals surface area contributed by atoms with Crippen LogP contribution in [0.3, 0.4) is 0 Å². The van der Waals surface area contributed by atoms with Gasteiger partial charge in [0.05, 0.1) is 0 Å². The molecule has 0 nitrogen and oxygen atoms in total. The number of hydrogen-bond acceptors (Lipinski definition) is 0. The maximum absolute atomic E-state index is 2.49. The van der Waals surface area contributed by atoms with Crippen LogP contribution in [0.25, 0.3) is 121 Å². The van der Waals surface area contributed by atoms with Gasteiger partial charge in [-0.1, -0.05) is 248 Å². The lowest BCUT2D eigenvalue weighted by atomic mass is 9.80. The van der Waals surface area contributed by atoms with Crippen LogP contribution in [0.1, 0.15) is 52.7 Å². The zero-order valence-corrected chi connectivity index (χ0v) is 39.8. The van der Waals surface area contributed by atoms with E-state index in [1.54, 1.807) is 0 Å². The van der Waals surface area contributed by atoms with Crippen LogP contribution in [0.4, 0.5) is 0 Å². The minimum Gasteiger partial charge on any atom is -0.0622 e. The van der Waals surface area contributed by atoms with E-state index in [1.165, 1.54) is 132 Å². The molecular formula is C68H54.